The average Bonchev–Trinajstić information content (AvgIpc) is 3.24. The topological polar surface area (TPSA) is 88.2 Å². The largest absolute Gasteiger partial charge is 0.480 e. The third-order valence-corrected chi connectivity index (χ3v) is 10.6. The second-order valence-corrected chi connectivity index (χ2v) is 13.0. The van der Waals surface area contributed by atoms with Crippen molar-refractivity contribution in [2.45, 2.75) is 76.0 Å². The van der Waals surface area contributed by atoms with Crippen LogP contribution in [0.4, 0.5) is 5.69 Å². The average molecular weight is 492 g/mol. The number of benzene rings is 1. The lowest BCUT2D eigenvalue weighted by molar-refractivity contribution is -0.188. The Balaban J connectivity index is 1.41. The van der Waals surface area contributed by atoms with Gasteiger partial charge in [-0.1, -0.05) is 20.8 Å². The molecule has 0 aromatic heterocycles. The van der Waals surface area contributed by atoms with E-state index in [4.69, 9.17) is 9.47 Å². The van der Waals surface area contributed by atoms with E-state index in [0.717, 1.165) is 11.3 Å². The first-order valence-electron chi connectivity index (χ1n) is 12.9. The number of hydrogen-bond acceptors (Lipinski definition) is 5. The van der Waals surface area contributed by atoms with Crippen LogP contribution in [0.1, 0.15) is 59.4 Å². The highest BCUT2D eigenvalue weighted by Gasteiger charge is 2.80. The number of piperazine rings is 1. The Morgan fingerprint density at radius 3 is 2.56 bits per heavy atom. The standard InChI is InChI=1S/C28H33N3O5/c1-15-11-26-12-20-25(4,5)28(13-27(20,30(6)23(26)34)14-31(26)21(15)32)16-9-19-18(10-17(16)29-22(28)33)35-8-7-24(2,3)36-19/h7-10,15,20H,11-14H2,1-6H3,(H,29,33)/t15-,20+,26+,27-,28-/m1/s1. The number of ether oxygens (including phenoxy) is 2. The number of likely N-dealkylation sites (N-methyl/N-ethyl adjacent to an activating group) is 1. The molecule has 1 aromatic rings. The quantitative estimate of drug-likeness (QED) is 0.602. The molecule has 8 nitrogen and oxygen atoms in total. The van der Waals surface area contributed by atoms with Crippen LogP contribution in [-0.2, 0) is 19.8 Å². The van der Waals surface area contributed by atoms with Gasteiger partial charge in [-0.3, -0.25) is 14.4 Å². The number of anilines is 1. The summed E-state index contributed by atoms with van der Waals surface area (Å²) in [6, 6.07) is 3.82. The number of piperidine rings is 2. The highest BCUT2D eigenvalue weighted by Crippen LogP contribution is 2.72. The molecule has 1 aliphatic carbocycles. The zero-order valence-electron chi connectivity index (χ0n) is 21.7. The second-order valence-electron chi connectivity index (χ2n) is 13.0. The second kappa shape index (κ2) is 6.09. The highest BCUT2D eigenvalue weighted by atomic mass is 16.5. The van der Waals surface area contributed by atoms with Crippen molar-refractivity contribution >= 4 is 23.4 Å². The lowest BCUT2D eigenvalue weighted by atomic mass is 9.57. The van der Waals surface area contributed by atoms with E-state index in [9.17, 15) is 14.4 Å². The smallest absolute Gasteiger partial charge is 0.248 e. The van der Waals surface area contributed by atoms with Crippen LogP contribution in [-0.4, -0.2) is 57.8 Å². The van der Waals surface area contributed by atoms with E-state index in [-0.39, 0.29) is 29.6 Å². The molecular formula is C28H33N3O5. The Kier molecular flexibility index (Phi) is 3.75. The van der Waals surface area contributed by atoms with Gasteiger partial charge in [0.1, 0.15) is 11.1 Å². The molecule has 1 N–H and O–H groups in total. The van der Waals surface area contributed by atoms with Crippen LogP contribution in [0.15, 0.2) is 24.5 Å². The van der Waals surface area contributed by atoms with Gasteiger partial charge in [-0.15, -0.1) is 0 Å². The zero-order chi connectivity index (χ0) is 25.6. The van der Waals surface area contributed by atoms with Crippen molar-refractivity contribution in [2.24, 2.45) is 17.3 Å². The number of rotatable bonds is 0. The molecule has 6 heterocycles. The predicted octanol–water partition coefficient (Wildman–Crippen LogP) is 3.21. The fraction of sp³-hybridized carbons (Fsp3) is 0.607. The molecule has 5 atom stereocenters. The van der Waals surface area contributed by atoms with E-state index in [0.29, 0.717) is 37.3 Å². The van der Waals surface area contributed by atoms with Crippen molar-refractivity contribution in [2.75, 3.05) is 18.9 Å². The first-order chi connectivity index (χ1) is 16.8. The first-order valence-corrected chi connectivity index (χ1v) is 12.9. The van der Waals surface area contributed by atoms with Crippen molar-refractivity contribution in [1.82, 2.24) is 9.80 Å². The maximum absolute atomic E-state index is 14.1. The van der Waals surface area contributed by atoms with Crippen LogP contribution in [0.2, 0.25) is 0 Å². The van der Waals surface area contributed by atoms with E-state index in [1.54, 1.807) is 6.26 Å². The molecule has 0 radical (unpaired) electrons. The summed E-state index contributed by atoms with van der Waals surface area (Å²) in [6.45, 7) is 10.7. The minimum atomic E-state index is -0.871. The number of carbonyl (C=O) groups is 3. The summed E-state index contributed by atoms with van der Waals surface area (Å²) in [7, 11) is 1.88. The summed E-state index contributed by atoms with van der Waals surface area (Å²) in [5, 5.41) is 3.15. The molecule has 8 heteroatoms. The van der Waals surface area contributed by atoms with E-state index in [1.807, 2.05) is 55.8 Å². The van der Waals surface area contributed by atoms with Crippen LogP contribution in [0, 0.1) is 17.3 Å². The van der Waals surface area contributed by atoms with Gasteiger partial charge in [0.25, 0.3) is 0 Å². The Morgan fingerprint density at radius 1 is 1.06 bits per heavy atom. The van der Waals surface area contributed by atoms with Gasteiger partial charge >= 0.3 is 0 Å². The number of carbonyl (C=O) groups excluding carboxylic acids is 3. The maximum atomic E-state index is 14.1. The molecule has 2 bridgehead atoms. The number of nitrogens with zero attached hydrogens (tertiary/aromatic N) is 2. The van der Waals surface area contributed by atoms with Gasteiger partial charge in [0, 0.05) is 31.3 Å². The Hall–Kier alpha value is -3.03. The minimum Gasteiger partial charge on any atom is -0.480 e. The number of hydrogen-bond donors (Lipinski definition) is 1. The highest BCUT2D eigenvalue weighted by molar-refractivity contribution is 6.08. The predicted molar refractivity (Wildman–Crippen MR) is 131 cm³/mol. The third kappa shape index (κ3) is 2.18. The monoisotopic (exact) mass is 491 g/mol. The van der Waals surface area contributed by atoms with Crippen LogP contribution in [0.5, 0.6) is 11.5 Å². The van der Waals surface area contributed by atoms with Crippen LogP contribution in [0.3, 0.4) is 0 Å². The zero-order valence-corrected chi connectivity index (χ0v) is 21.7. The molecule has 1 saturated carbocycles. The molecule has 5 fully saturated rings. The van der Waals surface area contributed by atoms with Gasteiger partial charge in [0.15, 0.2) is 11.5 Å². The number of fused-ring (bicyclic) bond motifs is 4. The third-order valence-electron chi connectivity index (χ3n) is 10.6. The van der Waals surface area contributed by atoms with E-state index >= 15 is 0 Å². The fourth-order valence-corrected chi connectivity index (χ4v) is 8.81. The number of amides is 3. The van der Waals surface area contributed by atoms with E-state index < -0.39 is 27.5 Å². The summed E-state index contributed by atoms with van der Waals surface area (Å²) >= 11 is 0. The first kappa shape index (κ1) is 22.2. The minimum absolute atomic E-state index is 0.0284. The molecule has 36 heavy (non-hydrogen) atoms. The Bertz CT molecular complexity index is 1320. The summed E-state index contributed by atoms with van der Waals surface area (Å²) in [6.07, 6.45) is 5.11. The SMILES string of the molecule is C[C@@H]1C[C@@]23C[C@H]4C(C)(C)[C@@]5(C[C@]4(CN2C1=O)N(C)C3=O)C(=O)Nc1cc2c(cc15)OC(C)(C)C=CO2. The summed E-state index contributed by atoms with van der Waals surface area (Å²) in [4.78, 5) is 44.9. The maximum Gasteiger partial charge on any atom is 0.248 e. The molecule has 7 aliphatic rings. The Morgan fingerprint density at radius 2 is 1.81 bits per heavy atom. The molecule has 3 amide bonds. The van der Waals surface area contributed by atoms with E-state index in [1.165, 1.54) is 0 Å². The van der Waals surface area contributed by atoms with Crippen LogP contribution in [0.25, 0.3) is 0 Å². The van der Waals surface area contributed by atoms with Gasteiger partial charge in [0.2, 0.25) is 17.7 Å². The molecule has 1 aromatic carbocycles. The van der Waals surface area contributed by atoms with Gasteiger partial charge in [-0.25, -0.2) is 0 Å². The number of nitrogens with one attached hydrogen (secondary N) is 1. The molecule has 3 spiro atoms. The van der Waals surface area contributed by atoms with Crippen molar-refractivity contribution in [3.8, 4) is 11.5 Å². The molecule has 8 rings (SSSR count). The molecular weight excluding hydrogens is 458 g/mol. The lowest BCUT2D eigenvalue weighted by Gasteiger charge is -2.63. The van der Waals surface area contributed by atoms with Gasteiger partial charge < -0.3 is 24.6 Å². The fourth-order valence-electron chi connectivity index (χ4n) is 8.81. The van der Waals surface area contributed by atoms with Gasteiger partial charge in [-0.05, 0) is 62.1 Å². The van der Waals surface area contributed by atoms with Crippen molar-refractivity contribution in [3.05, 3.63) is 30.0 Å². The normalized spacial score (nSPS) is 40.3. The summed E-state index contributed by atoms with van der Waals surface area (Å²) < 4.78 is 12.1. The van der Waals surface area contributed by atoms with Crippen molar-refractivity contribution in [3.63, 3.8) is 0 Å². The molecule has 6 aliphatic heterocycles. The van der Waals surface area contributed by atoms with E-state index in [2.05, 4.69) is 19.2 Å². The van der Waals surface area contributed by atoms with Gasteiger partial charge in [-0.2, -0.15) is 0 Å². The lowest BCUT2D eigenvalue weighted by Crippen LogP contribution is -2.79. The molecule has 4 saturated heterocycles. The van der Waals surface area contributed by atoms with Crippen LogP contribution < -0.4 is 14.8 Å². The van der Waals surface area contributed by atoms with Gasteiger partial charge in [0.05, 0.1) is 17.2 Å². The summed E-state index contributed by atoms with van der Waals surface area (Å²) in [5.41, 5.74) is -1.69. The summed E-state index contributed by atoms with van der Waals surface area (Å²) in [5.74, 6) is 1.10. The molecule has 190 valence electrons. The Labute approximate surface area is 211 Å². The van der Waals surface area contributed by atoms with Crippen molar-refractivity contribution in [1.29, 1.82) is 0 Å². The van der Waals surface area contributed by atoms with Crippen molar-refractivity contribution < 1.29 is 23.9 Å². The molecule has 0 unspecified atom stereocenters. The van der Waals surface area contributed by atoms with Crippen LogP contribution >= 0.6 is 0 Å².